The van der Waals surface area contributed by atoms with Gasteiger partial charge >= 0.3 is 0 Å². The minimum absolute atomic E-state index is 0.0295. The van der Waals surface area contributed by atoms with E-state index in [9.17, 15) is 9.90 Å². The third-order valence-corrected chi connectivity index (χ3v) is 4.24. The maximum atomic E-state index is 12.4. The van der Waals surface area contributed by atoms with E-state index in [1.165, 1.54) is 0 Å². The number of nitrogens with one attached hydrogen (secondary N) is 1. The molecule has 3 heterocycles. The summed E-state index contributed by atoms with van der Waals surface area (Å²) in [5.74, 6) is 0.672. The molecule has 1 amide bonds. The maximum Gasteiger partial charge on any atom is 0.256 e. The summed E-state index contributed by atoms with van der Waals surface area (Å²) in [6.07, 6.45) is 3.41. The second-order valence-corrected chi connectivity index (χ2v) is 6.39. The average molecular weight is 341 g/mol. The van der Waals surface area contributed by atoms with E-state index in [1.54, 1.807) is 24.5 Å². The Balaban J connectivity index is 1.72. The van der Waals surface area contributed by atoms with Gasteiger partial charge in [-0.05, 0) is 37.9 Å². The van der Waals surface area contributed by atoms with Crippen LogP contribution in [0.5, 0.6) is 0 Å². The topological polar surface area (TPSA) is 81.6 Å². The fourth-order valence-electron chi connectivity index (χ4n) is 2.82. The van der Waals surface area contributed by atoms with E-state index in [1.807, 2.05) is 31.1 Å². The summed E-state index contributed by atoms with van der Waals surface area (Å²) in [4.78, 5) is 24.9. The number of carbonyl (C=O) groups is 1. The van der Waals surface area contributed by atoms with Crippen molar-refractivity contribution in [3.63, 3.8) is 0 Å². The van der Waals surface area contributed by atoms with Gasteiger partial charge in [0.15, 0.2) is 0 Å². The van der Waals surface area contributed by atoms with Crippen LogP contribution in [0.3, 0.4) is 0 Å². The Morgan fingerprint density at radius 3 is 2.88 bits per heavy atom. The monoisotopic (exact) mass is 341 g/mol. The van der Waals surface area contributed by atoms with Crippen LogP contribution in [0.4, 0.5) is 5.82 Å². The first-order valence-electron chi connectivity index (χ1n) is 8.29. The van der Waals surface area contributed by atoms with E-state index in [2.05, 4.69) is 20.2 Å². The number of amides is 1. The minimum atomic E-state index is -0.291. The van der Waals surface area contributed by atoms with E-state index in [-0.39, 0.29) is 18.6 Å². The number of pyridine rings is 2. The molecule has 1 unspecified atom stereocenters. The van der Waals surface area contributed by atoms with Crippen molar-refractivity contribution >= 4 is 11.7 Å². The fourth-order valence-corrected chi connectivity index (χ4v) is 2.82. The summed E-state index contributed by atoms with van der Waals surface area (Å²) < 4.78 is 0. The summed E-state index contributed by atoms with van der Waals surface area (Å²) >= 11 is 0. The molecule has 1 aliphatic heterocycles. The molecule has 3 rings (SSSR count). The lowest BCUT2D eigenvalue weighted by Crippen LogP contribution is -2.31. The van der Waals surface area contributed by atoms with Gasteiger partial charge in [0, 0.05) is 25.5 Å². The molecule has 0 spiro atoms. The van der Waals surface area contributed by atoms with Crippen molar-refractivity contribution in [3.8, 4) is 0 Å². The van der Waals surface area contributed by atoms with Crippen LogP contribution in [-0.4, -0.2) is 64.6 Å². The molecule has 1 aliphatic rings. The van der Waals surface area contributed by atoms with Crippen LogP contribution in [0.1, 0.15) is 27.7 Å². The molecule has 2 N–H and O–H groups in total. The van der Waals surface area contributed by atoms with E-state index < -0.39 is 0 Å². The highest BCUT2D eigenvalue weighted by Gasteiger charge is 2.28. The molecule has 0 radical (unpaired) electrons. The minimum Gasteiger partial charge on any atom is -0.394 e. The highest BCUT2D eigenvalue weighted by atomic mass is 16.3. The second-order valence-electron chi connectivity index (χ2n) is 6.39. The van der Waals surface area contributed by atoms with Crippen molar-refractivity contribution in [2.45, 2.75) is 12.6 Å². The summed E-state index contributed by atoms with van der Waals surface area (Å²) in [7, 11) is 3.98. The van der Waals surface area contributed by atoms with Crippen LogP contribution in [0.15, 0.2) is 36.7 Å². The Kier molecular flexibility index (Phi) is 5.25. The molecule has 0 aromatic carbocycles. The van der Waals surface area contributed by atoms with Crippen LogP contribution in [0.2, 0.25) is 0 Å². The molecule has 132 valence electrons. The number of hydrogen-bond donors (Lipinski definition) is 2. The molecule has 0 aliphatic carbocycles. The summed E-state index contributed by atoms with van der Waals surface area (Å²) in [6.45, 7) is 1.95. The smallest absolute Gasteiger partial charge is 0.256 e. The van der Waals surface area contributed by atoms with E-state index in [4.69, 9.17) is 0 Å². The number of carbonyl (C=O) groups excluding carboxylic acids is 1. The standard InChI is InChI=1S/C18H23N5O2/c1-22(2)8-9-23-11-15-14(18(23)25)5-6-17(20-15)21-16(12-24)13-4-3-7-19-10-13/h3-7,10,16,24H,8-9,11-12H2,1-2H3,(H,20,21). The van der Waals surface area contributed by atoms with Gasteiger partial charge in [0.05, 0.1) is 30.5 Å². The predicted octanol–water partition coefficient (Wildman–Crippen LogP) is 1.14. The van der Waals surface area contributed by atoms with E-state index in [0.29, 0.717) is 24.5 Å². The Bertz CT molecular complexity index is 736. The molecule has 2 aromatic heterocycles. The van der Waals surface area contributed by atoms with Gasteiger partial charge in [-0.3, -0.25) is 9.78 Å². The van der Waals surface area contributed by atoms with Gasteiger partial charge in [-0.2, -0.15) is 0 Å². The number of aliphatic hydroxyl groups excluding tert-OH is 1. The lowest BCUT2D eigenvalue weighted by Gasteiger charge is -2.18. The number of fused-ring (bicyclic) bond motifs is 1. The first kappa shape index (κ1) is 17.3. The SMILES string of the molecule is CN(C)CCN1Cc2nc(NC(CO)c3cccnc3)ccc2C1=O. The number of hydrogen-bond acceptors (Lipinski definition) is 6. The molecule has 7 heteroatoms. The van der Waals surface area contributed by atoms with Crippen molar-refractivity contribution in [2.24, 2.45) is 0 Å². The van der Waals surface area contributed by atoms with Crippen molar-refractivity contribution in [1.82, 2.24) is 19.8 Å². The maximum absolute atomic E-state index is 12.4. The van der Waals surface area contributed by atoms with Crippen LogP contribution in [-0.2, 0) is 6.54 Å². The highest BCUT2D eigenvalue weighted by Crippen LogP contribution is 2.24. The molecule has 25 heavy (non-hydrogen) atoms. The number of aromatic nitrogens is 2. The second kappa shape index (κ2) is 7.58. The third kappa shape index (κ3) is 3.94. The number of aliphatic hydroxyl groups is 1. The first-order valence-corrected chi connectivity index (χ1v) is 8.29. The van der Waals surface area contributed by atoms with Crippen molar-refractivity contribution in [1.29, 1.82) is 0 Å². The normalized spacial score (nSPS) is 14.7. The molecular formula is C18H23N5O2. The Labute approximate surface area is 147 Å². The quantitative estimate of drug-likeness (QED) is 0.786. The van der Waals surface area contributed by atoms with Crippen LogP contribution < -0.4 is 5.32 Å². The zero-order valence-corrected chi connectivity index (χ0v) is 14.5. The number of nitrogens with zero attached hydrogens (tertiary/aromatic N) is 4. The Hall–Kier alpha value is -2.51. The van der Waals surface area contributed by atoms with E-state index in [0.717, 1.165) is 17.8 Å². The average Bonchev–Trinajstić information content (AvgIpc) is 2.94. The lowest BCUT2D eigenvalue weighted by atomic mass is 10.1. The number of likely N-dealkylation sites (N-methyl/N-ethyl adjacent to an activating group) is 1. The van der Waals surface area contributed by atoms with Gasteiger partial charge in [-0.1, -0.05) is 6.07 Å². The van der Waals surface area contributed by atoms with Crippen molar-refractivity contribution in [3.05, 3.63) is 53.5 Å². The van der Waals surface area contributed by atoms with Gasteiger partial charge < -0.3 is 20.2 Å². The largest absolute Gasteiger partial charge is 0.394 e. The van der Waals surface area contributed by atoms with E-state index >= 15 is 0 Å². The molecule has 2 aromatic rings. The molecular weight excluding hydrogens is 318 g/mol. The molecule has 0 bridgehead atoms. The lowest BCUT2D eigenvalue weighted by molar-refractivity contribution is 0.0768. The number of rotatable bonds is 7. The summed E-state index contributed by atoms with van der Waals surface area (Å²) in [5, 5.41) is 12.9. The first-order chi connectivity index (χ1) is 12.1. The molecule has 0 fully saturated rings. The van der Waals surface area contributed by atoms with Gasteiger partial charge in [0.25, 0.3) is 5.91 Å². The summed E-state index contributed by atoms with van der Waals surface area (Å²) in [6, 6.07) is 7.03. The van der Waals surface area contributed by atoms with Crippen molar-refractivity contribution in [2.75, 3.05) is 39.1 Å². The zero-order chi connectivity index (χ0) is 17.8. The molecule has 0 saturated heterocycles. The fraction of sp³-hybridized carbons (Fsp3) is 0.389. The van der Waals surface area contributed by atoms with Crippen LogP contribution in [0, 0.1) is 0 Å². The Morgan fingerprint density at radius 1 is 1.36 bits per heavy atom. The summed E-state index contributed by atoms with van der Waals surface area (Å²) in [5.41, 5.74) is 2.32. The molecule has 0 saturated carbocycles. The Morgan fingerprint density at radius 2 is 2.20 bits per heavy atom. The third-order valence-electron chi connectivity index (χ3n) is 4.24. The zero-order valence-electron chi connectivity index (χ0n) is 14.5. The molecule has 1 atom stereocenters. The van der Waals surface area contributed by atoms with Crippen molar-refractivity contribution < 1.29 is 9.90 Å². The van der Waals surface area contributed by atoms with Crippen LogP contribution in [0.25, 0.3) is 0 Å². The van der Waals surface area contributed by atoms with Gasteiger partial charge in [0.2, 0.25) is 0 Å². The van der Waals surface area contributed by atoms with Gasteiger partial charge in [0.1, 0.15) is 5.82 Å². The number of anilines is 1. The van der Waals surface area contributed by atoms with Gasteiger partial charge in [-0.25, -0.2) is 4.98 Å². The van der Waals surface area contributed by atoms with Gasteiger partial charge in [-0.15, -0.1) is 0 Å². The molecule has 7 nitrogen and oxygen atoms in total. The van der Waals surface area contributed by atoms with Crippen LogP contribution >= 0.6 is 0 Å². The highest BCUT2D eigenvalue weighted by molar-refractivity contribution is 5.98. The predicted molar refractivity (Wildman–Crippen MR) is 95.2 cm³/mol.